The molecular weight excluding hydrogens is 409 g/mol. The van der Waals surface area contributed by atoms with Crippen LogP contribution in [0, 0.1) is 19.8 Å². The van der Waals surface area contributed by atoms with E-state index in [0.717, 1.165) is 29.6 Å². The summed E-state index contributed by atoms with van der Waals surface area (Å²) in [5.74, 6) is -0.565. The summed E-state index contributed by atoms with van der Waals surface area (Å²) in [6.07, 6.45) is -4.51. The number of carbonyl (C=O) groups excluding carboxylic acids is 2. The van der Waals surface area contributed by atoms with Gasteiger partial charge in [-0.1, -0.05) is 26.0 Å². The van der Waals surface area contributed by atoms with Gasteiger partial charge in [0.2, 0.25) is 11.8 Å². The maximum Gasteiger partial charge on any atom is 0.418 e. The number of alkyl halides is 3. The number of para-hydroxylation sites is 1. The summed E-state index contributed by atoms with van der Waals surface area (Å²) in [6.45, 7) is 10.3. The predicted octanol–water partition coefficient (Wildman–Crippen LogP) is 4.20. The molecule has 1 N–H and O–H groups in total. The fourth-order valence-corrected chi connectivity index (χ4v) is 3.36. The number of hydrogen-bond acceptors (Lipinski definition) is 3. The van der Waals surface area contributed by atoms with Crippen LogP contribution >= 0.6 is 0 Å². The minimum Gasteiger partial charge on any atom is -0.333 e. The van der Waals surface area contributed by atoms with Crippen molar-refractivity contribution >= 4 is 17.5 Å². The lowest BCUT2D eigenvalue weighted by molar-refractivity contribution is -0.137. The number of amides is 2. The van der Waals surface area contributed by atoms with Gasteiger partial charge >= 0.3 is 6.18 Å². The lowest BCUT2D eigenvalue weighted by Gasteiger charge is -2.21. The molecule has 170 valence electrons. The summed E-state index contributed by atoms with van der Waals surface area (Å²) >= 11 is 0. The molecule has 0 aliphatic carbocycles. The zero-order valence-electron chi connectivity index (χ0n) is 18.5. The maximum absolute atomic E-state index is 13.1. The van der Waals surface area contributed by atoms with Gasteiger partial charge in [-0.05, 0) is 38.8 Å². The van der Waals surface area contributed by atoms with Crippen LogP contribution in [0.15, 0.2) is 24.3 Å². The van der Waals surface area contributed by atoms with Gasteiger partial charge in [0.25, 0.3) is 0 Å². The standard InChI is InChI=1S/C22H29F3N4O2/c1-6-28(13-20(30)26-19-10-8-7-9-18(19)22(23,24)25)21(31)11-17-15(4)27-29(16(17)5)12-14(2)3/h7-10,14H,6,11-13H2,1-5H3,(H,26,30). The molecule has 0 radical (unpaired) electrons. The molecule has 31 heavy (non-hydrogen) atoms. The highest BCUT2D eigenvalue weighted by Crippen LogP contribution is 2.34. The molecule has 0 saturated carbocycles. The molecule has 2 amide bonds. The molecule has 0 saturated heterocycles. The van der Waals surface area contributed by atoms with Crippen molar-refractivity contribution in [2.45, 2.75) is 53.8 Å². The Bertz CT molecular complexity index is 935. The Labute approximate surface area is 180 Å². The number of benzene rings is 1. The lowest BCUT2D eigenvalue weighted by atomic mass is 10.1. The van der Waals surface area contributed by atoms with E-state index in [9.17, 15) is 22.8 Å². The molecule has 0 fully saturated rings. The SMILES string of the molecule is CCN(CC(=O)Nc1ccccc1C(F)(F)F)C(=O)Cc1c(C)nn(CC(C)C)c1C. The Morgan fingerprint density at radius 1 is 1.19 bits per heavy atom. The summed E-state index contributed by atoms with van der Waals surface area (Å²) in [5.41, 5.74) is 1.21. The number of carbonyl (C=O) groups is 2. The highest BCUT2D eigenvalue weighted by Gasteiger charge is 2.33. The van der Waals surface area contributed by atoms with E-state index in [1.54, 1.807) is 6.92 Å². The largest absolute Gasteiger partial charge is 0.418 e. The molecular formula is C22H29F3N4O2. The number of hydrogen-bond donors (Lipinski definition) is 1. The monoisotopic (exact) mass is 438 g/mol. The summed E-state index contributed by atoms with van der Waals surface area (Å²) in [5, 5.41) is 6.78. The summed E-state index contributed by atoms with van der Waals surface area (Å²) in [4.78, 5) is 26.5. The lowest BCUT2D eigenvalue weighted by Crippen LogP contribution is -2.39. The Balaban J connectivity index is 2.09. The van der Waals surface area contributed by atoms with Crippen molar-refractivity contribution in [2.24, 2.45) is 5.92 Å². The van der Waals surface area contributed by atoms with Gasteiger partial charge in [0.05, 0.1) is 29.9 Å². The molecule has 0 unspecified atom stereocenters. The van der Waals surface area contributed by atoms with E-state index < -0.39 is 17.6 Å². The number of likely N-dealkylation sites (N-methyl/N-ethyl adjacent to an activating group) is 1. The average Bonchev–Trinajstić information content (AvgIpc) is 2.92. The van der Waals surface area contributed by atoms with Crippen LogP contribution in [0.1, 0.15) is 43.3 Å². The molecule has 0 bridgehead atoms. The summed E-state index contributed by atoms with van der Waals surface area (Å²) in [6, 6.07) is 4.76. The summed E-state index contributed by atoms with van der Waals surface area (Å²) < 4.78 is 41.3. The molecule has 0 atom stereocenters. The predicted molar refractivity (Wildman–Crippen MR) is 113 cm³/mol. The molecule has 1 heterocycles. The minimum absolute atomic E-state index is 0.0794. The Kier molecular flexibility index (Phi) is 7.86. The molecule has 0 spiro atoms. The minimum atomic E-state index is -4.59. The van der Waals surface area contributed by atoms with Crippen molar-refractivity contribution in [3.05, 3.63) is 46.8 Å². The van der Waals surface area contributed by atoms with Crippen molar-refractivity contribution in [2.75, 3.05) is 18.4 Å². The van der Waals surface area contributed by atoms with E-state index >= 15 is 0 Å². The van der Waals surface area contributed by atoms with Crippen molar-refractivity contribution in [3.63, 3.8) is 0 Å². The van der Waals surface area contributed by atoms with Crippen LogP contribution in [-0.4, -0.2) is 39.6 Å². The second-order valence-electron chi connectivity index (χ2n) is 7.90. The number of aromatic nitrogens is 2. The van der Waals surface area contributed by atoms with E-state index in [0.29, 0.717) is 5.92 Å². The first kappa shape index (κ1) is 24.4. The third kappa shape index (κ3) is 6.32. The fraction of sp³-hybridized carbons (Fsp3) is 0.500. The zero-order valence-corrected chi connectivity index (χ0v) is 18.5. The maximum atomic E-state index is 13.1. The van der Waals surface area contributed by atoms with Crippen LogP contribution in [0.3, 0.4) is 0 Å². The van der Waals surface area contributed by atoms with Crippen LogP contribution in [-0.2, 0) is 28.7 Å². The Hall–Kier alpha value is -2.84. The highest BCUT2D eigenvalue weighted by atomic mass is 19.4. The quantitative estimate of drug-likeness (QED) is 0.672. The van der Waals surface area contributed by atoms with Gasteiger partial charge in [-0.15, -0.1) is 0 Å². The number of nitrogens with zero attached hydrogens (tertiary/aromatic N) is 3. The van der Waals surface area contributed by atoms with E-state index in [1.807, 2.05) is 18.5 Å². The first-order valence-corrected chi connectivity index (χ1v) is 10.2. The van der Waals surface area contributed by atoms with E-state index in [1.165, 1.54) is 23.1 Å². The number of halogens is 3. The van der Waals surface area contributed by atoms with E-state index in [-0.39, 0.29) is 31.1 Å². The van der Waals surface area contributed by atoms with Gasteiger partial charge in [-0.3, -0.25) is 14.3 Å². The van der Waals surface area contributed by atoms with Crippen LogP contribution in [0.4, 0.5) is 18.9 Å². The van der Waals surface area contributed by atoms with Crippen LogP contribution in [0.5, 0.6) is 0 Å². The third-order valence-electron chi connectivity index (χ3n) is 4.97. The summed E-state index contributed by atoms with van der Waals surface area (Å²) in [7, 11) is 0. The number of rotatable bonds is 8. The first-order valence-electron chi connectivity index (χ1n) is 10.2. The van der Waals surface area contributed by atoms with Gasteiger partial charge in [0.1, 0.15) is 0 Å². The van der Waals surface area contributed by atoms with Crippen LogP contribution in [0.25, 0.3) is 0 Å². The van der Waals surface area contributed by atoms with Crippen molar-refractivity contribution in [3.8, 4) is 0 Å². The molecule has 0 aliphatic heterocycles. The van der Waals surface area contributed by atoms with Crippen molar-refractivity contribution in [1.82, 2.24) is 14.7 Å². The van der Waals surface area contributed by atoms with Gasteiger partial charge in [-0.2, -0.15) is 18.3 Å². The number of anilines is 1. The van der Waals surface area contributed by atoms with Crippen molar-refractivity contribution < 1.29 is 22.8 Å². The molecule has 6 nitrogen and oxygen atoms in total. The van der Waals surface area contributed by atoms with Crippen LogP contribution in [0.2, 0.25) is 0 Å². The topological polar surface area (TPSA) is 67.2 Å². The third-order valence-corrected chi connectivity index (χ3v) is 4.97. The second-order valence-corrected chi connectivity index (χ2v) is 7.90. The van der Waals surface area contributed by atoms with Gasteiger partial charge in [-0.25, -0.2) is 0 Å². The normalized spacial score (nSPS) is 11.6. The van der Waals surface area contributed by atoms with E-state index in [2.05, 4.69) is 24.3 Å². The van der Waals surface area contributed by atoms with Gasteiger partial charge in [0, 0.05) is 24.3 Å². The van der Waals surface area contributed by atoms with Gasteiger partial charge < -0.3 is 10.2 Å². The molecule has 2 aromatic rings. The molecule has 9 heteroatoms. The Morgan fingerprint density at radius 2 is 1.84 bits per heavy atom. The fourth-order valence-electron chi connectivity index (χ4n) is 3.36. The number of nitrogens with one attached hydrogen (secondary N) is 1. The highest BCUT2D eigenvalue weighted by molar-refractivity contribution is 5.95. The molecule has 0 aliphatic rings. The van der Waals surface area contributed by atoms with Gasteiger partial charge in [0.15, 0.2) is 0 Å². The molecule has 2 rings (SSSR count). The van der Waals surface area contributed by atoms with Crippen LogP contribution < -0.4 is 5.32 Å². The molecule has 1 aromatic heterocycles. The first-order chi connectivity index (χ1) is 14.4. The zero-order chi connectivity index (χ0) is 23.3. The smallest absolute Gasteiger partial charge is 0.333 e. The van der Waals surface area contributed by atoms with Crippen molar-refractivity contribution in [1.29, 1.82) is 0 Å². The van der Waals surface area contributed by atoms with E-state index in [4.69, 9.17) is 0 Å². The molecule has 1 aromatic carbocycles. The Morgan fingerprint density at radius 3 is 2.42 bits per heavy atom. The second kappa shape index (κ2) is 9.98. The average molecular weight is 438 g/mol. The number of aryl methyl sites for hydroxylation is 1.